The molecule has 0 unspecified atom stereocenters. The van der Waals surface area contributed by atoms with Crippen LogP contribution in [0.15, 0.2) is 18.2 Å². The summed E-state index contributed by atoms with van der Waals surface area (Å²) in [4.78, 5) is 11.5. The van der Waals surface area contributed by atoms with Crippen LogP contribution in [-0.4, -0.2) is 33.8 Å². The maximum absolute atomic E-state index is 11.5. The minimum Gasteiger partial charge on any atom is -0.465 e. The number of carbonyl (C=O) groups is 1. The van der Waals surface area contributed by atoms with Crippen molar-refractivity contribution in [3.05, 3.63) is 23.8 Å². The zero-order chi connectivity index (χ0) is 13.8. The Labute approximate surface area is 105 Å². The van der Waals surface area contributed by atoms with E-state index in [-0.39, 0.29) is 17.9 Å². The van der Waals surface area contributed by atoms with Gasteiger partial charge in [0.15, 0.2) is 0 Å². The number of ether oxygens (including phenoxy) is 1. The number of methoxy groups -OCH3 is 1. The van der Waals surface area contributed by atoms with Gasteiger partial charge in [0.2, 0.25) is 10.0 Å². The number of anilines is 2. The number of hydrogen-bond acceptors (Lipinski definition) is 6. The number of para-hydroxylation sites is 1. The normalized spacial score (nSPS) is 11.0. The van der Waals surface area contributed by atoms with Crippen LogP contribution in [0.5, 0.6) is 0 Å². The van der Waals surface area contributed by atoms with Crippen molar-refractivity contribution in [1.29, 1.82) is 0 Å². The molecule has 0 bridgehead atoms. The molecule has 1 aromatic carbocycles. The van der Waals surface area contributed by atoms with Gasteiger partial charge in [0.05, 0.1) is 29.8 Å². The van der Waals surface area contributed by atoms with E-state index in [9.17, 15) is 13.2 Å². The summed E-state index contributed by atoms with van der Waals surface area (Å²) in [6.45, 7) is 0.0526. The van der Waals surface area contributed by atoms with Crippen molar-refractivity contribution in [3.63, 3.8) is 0 Å². The van der Waals surface area contributed by atoms with E-state index in [4.69, 9.17) is 10.9 Å². The molecule has 0 spiro atoms. The Morgan fingerprint density at radius 3 is 2.67 bits per heavy atom. The zero-order valence-electron chi connectivity index (χ0n) is 9.84. The van der Waals surface area contributed by atoms with Crippen molar-refractivity contribution in [2.24, 2.45) is 5.14 Å². The number of sulfonamides is 1. The second-order valence-corrected chi connectivity index (χ2v) is 5.29. The highest BCUT2D eigenvalue weighted by molar-refractivity contribution is 7.89. The lowest BCUT2D eigenvalue weighted by atomic mass is 10.1. The number of nitrogens with two attached hydrogens (primary N) is 2. The van der Waals surface area contributed by atoms with E-state index < -0.39 is 16.0 Å². The molecule has 0 aliphatic heterocycles. The highest BCUT2D eigenvalue weighted by atomic mass is 32.2. The van der Waals surface area contributed by atoms with Gasteiger partial charge < -0.3 is 15.8 Å². The van der Waals surface area contributed by atoms with Crippen molar-refractivity contribution in [3.8, 4) is 0 Å². The van der Waals surface area contributed by atoms with Gasteiger partial charge in [-0.2, -0.15) is 0 Å². The SMILES string of the molecule is COC(=O)c1cccc(N)c1NCCS(N)(=O)=O. The Hall–Kier alpha value is -1.80. The number of carbonyl (C=O) groups excluding carboxylic acids is 1. The van der Waals surface area contributed by atoms with Crippen molar-refractivity contribution < 1.29 is 17.9 Å². The highest BCUT2D eigenvalue weighted by Crippen LogP contribution is 2.23. The standard InChI is InChI=1S/C10H15N3O4S/c1-17-10(14)7-3-2-4-8(11)9(7)13-5-6-18(12,15)16/h2-4,13H,5-6,11H2,1H3,(H2,12,15,16). The first-order chi connectivity index (χ1) is 8.35. The molecular weight excluding hydrogens is 258 g/mol. The van der Waals surface area contributed by atoms with Crippen LogP contribution in [0, 0.1) is 0 Å². The topological polar surface area (TPSA) is 125 Å². The fourth-order valence-corrected chi connectivity index (χ4v) is 1.75. The number of hydrogen-bond donors (Lipinski definition) is 3. The lowest BCUT2D eigenvalue weighted by Gasteiger charge is -2.12. The molecule has 1 aromatic rings. The molecule has 0 heterocycles. The largest absolute Gasteiger partial charge is 0.465 e. The lowest BCUT2D eigenvalue weighted by Crippen LogP contribution is -2.23. The highest BCUT2D eigenvalue weighted by Gasteiger charge is 2.14. The molecule has 0 saturated heterocycles. The van der Waals surface area contributed by atoms with E-state index in [0.29, 0.717) is 11.4 Å². The quantitative estimate of drug-likeness (QED) is 0.502. The molecule has 18 heavy (non-hydrogen) atoms. The maximum atomic E-state index is 11.5. The fraction of sp³-hybridized carbons (Fsp3) is 0.300. The van der Waals surface area contributed by atoms with Gasteiger partial charge in [-0.3, -0.25) is 0 Å². The van der Waals surface area contributed by atoms with E-state index >= 15 is 0 Å². The Morgan fingerprint density at radius 1 is 1.44 bits per heavy atom. The Bertz CT molecular complexity index is 542. The number of esters is 1. The number of primary sulfonamides is 1. The van der Waals surface area contributed by atoms with E-state index in [1.165, 1.54) is 13.2 Å². The summed E-state index contributed by atoms with van der Waals surface area (Å²) in [5, 5.41) is 7.64. The molecule has 0 saturated carbocycles. The van der Waals surface area contributed by atoms with Gasteiger partial charge in [0, 0.05) is 6.54 Å². The number of nitrogen functional groups attached to an aromatic ring is 1. The monoisotopic (exact) mass is 273 g/mol. The van der Waals surface area contributed by atoms with Crippen molar-refractivity contribution >= 4 is 27.4 Å². The number of nitrogens with one attached hydrogen (secondary N) is 1. The molecule has 7 nitrogen and oxygen atoms in total. The molecule has 8 heteroatoms. The molecule has 0 radical (unpaired) electrons. The predicted molar refractivity (Wildman–Crippen MR) is 68.7 cm³/mol. The summed E-state index contributed by atoms with van der Waals surface area (Å²) in [5.74, 6) is -0.817. The second kappa shape index (κ2) is 5.69. The molecule has 0 fully saturated rings. The second-order valence-electron chi connectivity index (χ2n) is 3.56. The summed E-state index contributed by atoms with van der Waals surface area (Å²) in [5.41, 5.74) is 6.62. The summed E-state index contributed by atoms with van der Waals surface area (Å²) in [6, 6.07) is 4.72. The third kappa shape index (κ3) is 3.90. The molecule has 0 aromatic heterocycles. The van der Waals surface area contributed by atoms with E-state index in [1.54, 1.807) is 12.1 Å². The average Bonchev–Trinajstić information content (AvgIpc) is 2.28. The minimum atomic E-state index is -3.57. The number of rotatable bonds is 5. The van der Waals surface area contributed by atoms with Gasteiger partial charge in [0.1, 0.15) is 0 Å². The van der Waals surface area contributed by atoms with Gasteiger partial charge in [-0.05, 0) is 12.1 Å². The van der Waals surface area contributed by atoms with Crippen LogP contribution in [0.2, 0.25) is 0 Å². The molecule has 5 N–H and O–H groups in total. The first kappa shape index (κ1) is 14.3. The number of benzene rings is 1. The summed E-state index contributed by atoms with van der Waals surface area (Å²) < 4.78 is 26.2. The van der Waals surface area contributed by atoms with E-state index in [1.807, 2.05) is 0 Å². The summed E-state index contributed by atoms with van der Waals surface area (Å²) in [7, 11) is -2.32. The van der Waals surface area contributed by atoms with Crippen LogP contribution in [0.3, 0.4) is 0 Å². The Balaban J connectivity index is 2.90. The lowest BCUT2D eigenvalue weighted by molar-refractivity contribution is 0.0602. The summed E-state index contributed by atoms with van der Waals surface area (Å²) in [6.07, 6.45) is 0. The molecule has 1 rings (SSSR count). The van der Waals surface area contributed by atoms with Crippen LogP contribution in [-0.2, 0) is 14.8 Å². The maximum Gasteiger partial charge on any atom is 0.340 e. The van der Waals surface area contributed by atoms with Crippen LogP contribution < -0.4 is 16.2 Å². The molecule has 0 aliphatic rings. The summed E-state index contributed by atoms with van der Waals surface area (Å²) >= 11 is 0. The smallest absolute Gasteiger partial charge is 0.340 e. The van der Waals surface area contributed by atoms with E-state index in [0.717, 1.165) is 0 Å². The van der Waals surface area contributed by atoms with Gasteiger partial charge in [-0.25, -0.2) is 18.4 Å². The van der Waals surface area contributed by atoms with Crippen molar-refractivity contribution in [2.75, 3.05) is 30.5 Å². The first-order valence-corrected chi connectivity index (χ1v) is 6.78. The molecule has 0 amide bonds. The first-order valence-electron chi connectivity index (χ1n) is 5.06. The van der Waals surface area contributed by atoms with Crippen LogP contribution >= 0.6 is 0 Å². The van der Waals surface area contributed by atoms with Crippen LogP contribution in [0.25, 0.3) is 0 Å². The van der Waals surface area contributed by atoms with Crippen LogP contribution in [0.1, 0.15) is 10.4 Å². The van der Waals surface area contributed by atoms with Crippen molar-refractivity contribution in [2.45, 2.75) is 0 Å². The van der Waals surface area contributed by atoms with Gasteiger partial charge >= 0.3 is 5.97 Å². The molecule has 0 aliphatic carbocycles. The van der Waals surface area contributed by atoms with Gasteiger partial charge in [-0.15, -0.1) is 0 Å². The van der Waals surface area contributed by atoms with E-state index in [2.05, 4.69) is 10.1 Å². The van der Waals surface area contributed by atoms with Gasteiger partial charge in [-0.1, -0.05) is 6.07 Å². The third-order valence-electron chi connectivity index (χ3n) is 2.19. The third-order valence-corrected chi connectivity index (χ3v) is 2.96. The predicted octanol–water partition coefficient (Wildman–Crippen LogP) is -0.244. The average molecular weight is 273 g/mol. The zero-order valence-corrected chi connectivity index (χ0v) is 10.7. The Morgan fingerprint density at radius 2 is 2.11 bits per heavy atom. The molecular formula is C10H15N3O4S. The van der Waals surface area contributed by atoms with Crippen LogP contribution in [0.4, 0.5) is 11.4 Å². The fourth-order valence-electron chi connectivity index (χ4n) is 1.37. The van der Waals surface area contributed by atoms with Gasteiger partial charge in [0.25, 0.3) is 0 Å². The molecule has 0 atom stereocenters. The van der Waals surface area contributed by atoms with Crippen molar-refractivity contribution in [1.82, 2.24) is 0 Å². The molecule has 100 valence electrons. The minimum absolute atomic E-state index is 0.0526. The Kier molecular flexibility index (Phi) is 4.51.